The van der Waals surface area contributed by atoms with Gasteiger partial charge in [0.25, 0.3) is 0 Å². The van der Waals surface area contributed by atoms with Gasteiger partial charge in [0.15, 0.2) is 0 Å². The van der Waals surface area contributed by atoms with Crippen LogP contribution in [0.2, 0.25) is 0 Å². The molecule has 0 aromatic heterocycles. The van der Waals surface area contributed by atoms with E-state index in [2.05, 4.69) is 0 Å². The van der Waals surface area contributed by atoms with Gasteiger partial charge in [0.05, 0.1) is 19.8 Å². The second-order valence-electron chi connectivity index (χ2n) is 4.21. The zero-order valence-corrected chi connectivity index (χ0v) is 11.2. The lowest BCUT2D eigenvalue weighted by Gasteiger charge is -2.10. The van der Waals surface area contributed by atoms with Crippen LogP contribution < -0.4 is 15.2 Å². The molecule has 0 saturated carbocycles. The number of benzene rings is 2. The molecule has 0 atom stereocenters. The van der Waals surface area contributed by atoms with Crippen molar-refractivity contribution in [3.63, 3.8) is 0 Å². The number of rotatable bonds is 4. The smallest absolute Gasteiger partial charge is 0.337 e. The number of nitrogen functional groups attached to an aromatic ring is 1. The predicted molar refractivity (Wildman–Crippen MR) is 76.4 cm³/mol. The minimum Gasteiger partial charge on any atom is -0.497 e. The summed E-state index contributed by atoms with van der Waals surface area (Å²) in [5, 5.41) is 8.97. The molecule has 0 amide bonds. The fraction of sp³-hybridized carbons (Fsp3) is 0.133. The number of anilines is 1. The highest BCUT2D eigenvalue weighted by Crippen LogP contribution is 2.31. The van der Waals surface area contributed by atoms with Gasteiger partial charge in [-0.1, -0.05) is 6.07 Å². The Morgan fingerprint density at radius 3 is 2.05 bits per heavy atom. The van der Waals surface area contributed by atoms with E-state index in [0.29, 0.717) is 11.5 Å². The maximum atomic E-state index is 11.0. The van der Waals surface area contributed by atoms with Gasteiger partial charge in [0.2, 0.25) is 0 Å². The van der Waals surface area contributed by atoms with Crippen molar-refractivity contribution in [2.45, 2.75) is 0 Å². The van der Waals surface area contributed by atoms with Crippen molar-refractivity contribution in [3.8, 4) is 22.6 Å². The standard InChI is InChI=1S/C15H15NO4/c1-19-11-5-10(6-12(8-11)20-2)9-3-4-13(15(17)18)14(16)7-9/h3-8H,16H2,1-2H3,(H,17,18). The quantitative estimate of drug-likeness (QED) is 0.837. The van der Waals surface area contributed by atoms with Crippen molar-refractivity contribution < 1.29 is 19.4 Å². The Labute approximate surface area is 116 Å². The average molecular weight is 273 g/mol. The first-order valence-corrected chi connectivity index (χ1v) is 5.91. The van der Waals surface area contributed by atoms with Crippen LogP contribution in [0.3, 0.4) is 0 Å². The summed E-state index contributed by atoms with van der Waals surface area (Å²) in [5.74, 6) is 0.262. The molecule has 0 bridgehead atoms. The Balaban J connectivity index is 2.51. The van der Waals surface area contributed by atoms with Crippen LogP contribution in [0.25, 0.3) is 11.1 Å². The van der Waals surface area contributed by atoms with Gasteiger partial charge in [0.1, 0.15) is 11.5 Å². The van der Waals surface area contributed by atoms with Crippen LogP contribution in [-0.2, 0) is 0 Å². The molecular formula is C15H15NO4. The molecular weight excluding hydrogens is 258 g/mol. The minimum atomic E-state index is -1.04. The number of hydrogen-bond acceptors (Lipinski definition) is 4. The number of aromatic carboxylic acids is 1. The third-order valence-corrected chi connectivity index (χ3v) is 2.97. The number of carbonyl (C=O) groups is 1. The molecule has 0 aliphatic carbocycles. The maximum Gasteiger partial charge on any atom is 0.337 e. The van der Waals surface area contributed by atoms with Crippen LogP contribution in [0, 0.1) is 0 Å². The lowest BCUT2D eigenvalue weighted by Crippen LogP contribution is -2.02. The van der Waals surface area contributed by atoms with E-state index in [1.54, 1.807) is 32.4 Å². The molecule has 0 unspecified atom stereocenters. The van der Waals surface area contributed by atoms with Crippen LogP contribution in [0.1, 0.15) is 10.4 Å². The Morgan fingerprint density at radius 1 is 1.00 bits per heavy atom. The van der Waals surface area contributed by atoms with Crippen LogP contribution in [0.5, 0.6) is 11.5 Å². The Morgan fingerprint density at radius 2 is 1.60 bits per heavy atom. The molecule has 2 aromatic carbocycles. The van der Waals surface area contributed by atoms with Crippen LogP contribution in [0.4, 0.5) is 5.69 Å². The summed E-state index contributed by atoms with van der Waals surface area (Å²) in [4.78, 5) is 11.0. The molecule has 3 N–H and O–H groups in total. The first-order valence-electron chi connectivity index (χ1n) is 5.91. The number of carboxylic acids is 1. The monoisotopic (exact) mass is 273 g/mol. The number of nitrogens with two attached hydrogens (primary N) is 1. The number of hydrogen-bond donors (Lipinski definition) is 2. The molecule has 0 fully saturated rings. The topological polar surface area (TPSA) is 81.8 Å². The minimum absolute atomic E-state index is 0.0867. The highest BCUT2D eigenvalue weighted by Gasteiger charge is 2.10. The SMILES string of the molecule is COc1cc(OC)cc(-c2ccc(C(=O)O)c(N)c2)c1. The Hall–Kier alpha value is -2.69. The van der Waals surface area contributed by atoms with Crippen molar-refractivity contribution in [1.82, 2.24) is 0 Å². The van der Waals surface area contributed by atoms with E-state index in [-0.39, 0.29) is 11.3 Å². The van der Waals surface area contributed by atoms with Crippen molar-refractivity contribution in [3.05, 3.63) is 42.0 Å². The van der Waals surface area contributed by atoms with E-state index in [1.165, 1.54) is 6.07 Å². The highest BCUT2D eigenvalue weighted by molar-refractivity contribution is 5.94. The second kappa shape index (κ2) is 5.52. The van der Waals surface area contributed by atoms with Gasteiger partial charge in [-0.15, -0.1) is 0 Å². The van der Waals surface area contributed by atoms with Crippen molar-refractivity contribution in [1.29, 1.82) is 0 Å². The molecule has 0 spiro atoms. The van der Waals surface area contributed by atoms with Crippen LogP contribution in [0.15, 0.2) is 36.4 Å². The van der Waals surface area contributed by atoms with Gasteiger partial charge in [0, 0.05) is 11.8 Å². The second-order valence-corrected chi connectivity index (χ2v) is 4.21. The molecule has 0 saturated heterocycles. The zero-order valence-electron chi connectivity index (χ0n) is 11.2. The average Bonchev–Trinajstić information content (AvgIpc) is 2.46. The highest BCUT2D eigenvalue weighted by atomic mass is 16.5. The van der Waals surface area contributed by atoms with E-state index in [1.807, 2.05) is 12.1 Å². The summed E-state index contributed by atoms with van der Waals surface area (Å²) < 4.78 is 10.4. The first-order chi connectivity index (χ1) is 9.55. The molecule has 0 aliphatic heterocycles. The summed E-state index contributed by atoms with van der Waals surface area (Å²) in [6.45, 7) is 0. The van der Waals surface area contributed by atoms with Crippen molar-refractivity contribution in [2.75, 3.05) is 20.0 Å². The maximum absolute atomic E-state index is 11.0. The lowest BCUT2D eigenvalue weighted by molar-refractivity contribution is 0.0698. The van der Waals surface area contributed by atoms with Gasteiger partial charge < -0.3 is 20.3 Å². The zero-order chi connectivity index (χ0) is 14.7. The van der Waals surface area contributed by atoms with Crippen LogP contribution >= 0.6 is 0 Å². The van der Waals surface area contributed by atoms with Gasteiger partial charge in [-0.3, -0.25) is 0 Å². The van der Waals surface area contributed by atoms with Gasteiger partial charge >= 0.3 is 5.97 Å². The molecule has 0 radical (unpaired) electrons. The molecule has 2 aromatic rings. The third kappa shape index (κ3) is 2.66. The summed E-state index contributed by atoms with van der Waals surface area (Å²) in [6, 6.07) is 10.2. The lowest BCUT2D eigenvalue weighted by atomic mass is 10.0. The molecule has 0 heterocycles. The Kier molecular flexibility index (Phi) is 3.79. The van der Waals surface area contributed by atoms with E-state index >= 15 is 0 Å². The van der Waals surface area contributed by atoms with Gasteiger partial charge in [-0.25, -0.2) is 4.79 Å². The van der Waals surface area contributed by atoms with E-state index < -0.39 is 5.97 Å². The molecule has 2 rings (SSSR count). The van der Waals surface area contributed by atoms with E-state index in [9.17, 15) is 4.79 Å². The fourth-order valence-corrected chi connectivity index (χ4v) is 1.91. The van der Waals surface area contributed by atoms with Gasteiger partial charge in [-0.2, -0.15) is 0 Å². The van der Waals surface area contributed by atoms with Crippen molar-refractivity contribution >= 4 is 11.7 Å². The third-order valence-electron chi connectivity index (χ3n) is 2.97. The summed E-state index contributed by atoms with van der Waals surface area (Å²) in [5.41, 5.74) is 7.70. The predicted octanol–water partition coefficient (Wildman–Crippen LogP) is 2.65. The van der Waals surface area contributed by atoms with Crippen LogP contribution in [-0.4, -0.2) is 25.3 Å². The number of methoxy groups -OCH3 is 2. The first kappa shape index (κ1) is 13.7. The van der Waals surface area contributed by atoms with E-state index in [4.69, 9.17) is 20.3 Å². The largest absolute Gasteiger partial charge is 0.497 e. The van der Waals surface area contributed by atoms with Crippen molar-refractivity contribution in [2.24, 2.45) is 0 Å². The fourth-order valence-electron chi connectivity index (χ4n) is 1.91. The molecule has 5 heteroatoms. The summed E-state index contributed by atoms with van der Waals surface area (Å²) >= 11 is 0. The summed E-state index contributed by atoms with van der Waals surface area (Å²) in [7, 11) is 3.14. The molecule has 5 nitrogen and oxygen atoms in total. The van der Waals surface area contributed by atoms with E-state index in [0.717, 1.165) is 11.1 Å². The molecule has 0 aliphatic rings. The van der Waals surface area contributed by atoms with Gasteiger partial charge in [-0.05, 0) is 35.4 Å². The molecule has 20 heavy (non-hydrogen) atoms. The number of ether oxygens (including phenoxy) is 2. The molecule has 104 valence electrons. The number of carboxylic acid groups (broad SMARTS) is 1. The Bertz CT molecular complexity index is 630. The normalized spacial score (nSPS) is 10.1. The summed E-state index contributed by atoms with van der Waals surface area (Å²) in [6.07, 6.45) is 0.